The fraction of sp³-hybridized carbons (Fsp3) is 0.647. The van der Waals surface area contributed by atoms with E-state index in [1.165, 1.54) is 0 Å². The lowest BCUT2D eigenvalue weighted by Gasteiger charge is -2.31. The van der Waals surface area contributed by atoms with Crippen molar-refractivity contribution in [3.8, 4) is 0 Å². The first-order chi connectivity index (χ1) is 11.0. The molecule has 2 heterocycles. The molecule has 2 rings (SSSR count). The van der Waals surface area contributed by atoms with Gasteiger partial charge < -0.3 is 14.1 Å². The second-order valence-corrected chi connectivity index (χ2v) is 6.09. The zero-order chi connectivity index (χ0) is 16.8. The van der Waals surface area contributed by atoms with Gasteiger partial charge in [0, 0.05) is 13.6 Å². The smallest absolute Gasteiger partial charge is 0.310 e. The van der Waals surface area contributed by atoms with Crippen LogP contribution in [0.25, 0.3) is 0 Å². The summed E-state index contributed by atoms with van der Waals surface area (Å²) in [5.41, 5.74) is 0. The van der Waals surface area contributed by atoms with Crippen LogP contribution in [-0.2, 0) is 20.9 Å². The van der Waals surface area contributed by atoms with Crippen LogP contribution in [0.4, 0.5) is 0 Å². The molecule has 1 fully saturated rings. The molecule has 1 unspecified atom stereocenters. The largest absolute Gasteiger partial charge is 0.466 e. The average molecular weight is 322 g/mol. The van der Waals surface area contributed by atoms with E-state index in [2.05, 4.69) is 0 Å². The number of hydrogen-bond acceptors (Lipinski definition) is 5. The molecule has 0 aromatic carbocycles. The summed E-state index contributed by atoms with van der Waals surface area (Å²) in [6.07, 6.45) is 1.75. The number of hydrogen-bond donors (Lipinski definition) is 0. The van der Waals surface area contributed by atoms with Crippen LogP contribution in [0.3, 0.4) is 0 Å². The molecule has 128 valence electrons. The van der Waals surface area contributed by atoms with Crippen molar-refractivity contribution in [3.63, 3.8) is 0 Å². The number of aryl methyl sites for hydroxylation is 1. The van der Waals surface area contributed by atoms with Crippen LogP contribution < -0.4 is 0 Å². The van der Waals surface area contributed by atoms with E-state index in [-0.39, 0.29) is 17.8 Å². The van der Waals surface area contributed by atoms with Crippen molar-refractivity contribution in [2.45, 2.75) is 33.2 Å². The predicted octanol–water partition coefficient (Wildman–Crippen LogP) is 1.82. The molecule has 1 aliphatic rings. The van der Waals surface area contributed by atoms with Crippen molar-refractivity contribution in [2.75, 3.05) is 33.3 Å². The van der Waals surface area contributed by atoms with E-state index in [9.17, 15) is 9.59 Å². The molecule has 0 radical (unpaired) electrons. The third-order valence-corrected chi connectivity index (χ3v) is 4.10. The van der Waals surface area contributed by atoms with Gasteiger partial charge in [-0.25, -0.2) is 0 Å². The van der Waals surface area contributed by atoms with Gasteiger partial charge in [-0.05, 0) is 45.4 Å². The molecule has 1 aromatic rings. The van der Waals surface area contributed by atoms with Crippen molar-refractivity contribution in [1.82, 2.24) is 9.80 Å². The van der Waals surface area contributed by atoms with Gasteiger partial charge in [0.2, 0.25) is 5.91 Å². The zero-order valence-corrected chi connectivity index (χ0v) is 14.2. The Morgan fingerprint density at radius 3 is 2.87 bits per heavy atom. The number of likely N-dealkylation sites (N-methyl/N-ethyl adjacent to an activating group) is 1. The summed E-state index contributed by atoms with van der Waals surface area (Å²) in [7, 11) is 1.77. The number of furan rings is 1. The zero-order valence-electron chi connectivity index (χ0n) is 14.2. The molecule has 1 atom stereocenters. The minimum absolute atomic E-state index is 0.0311. The average Bonchev–Trinajstić information content (AvgIpc) is 2.92. The molecule has 1 aromatic heterocycles. The third kappa shape index (κ3) is 5.10. The number of rotatable bonds is 6. The first-order valence-electron chi connectivity index (χ1n) is 8.18. The Hall–Kier alpha value is -1.82. The molecular formula is C17H26N2O4. The fourth-order valence-electron chi connectivity index (χ4n) is 2.86. The van der Waals surface area contributed by atoms with Crippen molar-refractivity contribution in [3.05, 3.63) is 23.7 Å². The minimum atomic E-state index is -0.149. The van der Waals surface area contributed by atoms with Gasteiger partial charge in [-0.2, -0.15) is 0 Å². The molecule has 1 aliphatic heterocycles. The highest BCUT2D eigenvalue weighted by molar-refractivity contribution is 5.78. The van der Waals surface area contributed by atoms with Crippen LogP contribution in [-0.4, -0.2) is 55.0 Å². The van der Waals surface area contributed by atoms with Crippen molar-refractivity contribution < 1.29 is 18.7 Å². The van der Waals surface area contributed by atoms with E-state index in [0.29, 0.717) is 26.2 Å². The molecule has 0 saturated carbocycles. The Balaban J connectivity index is 1.82. The number of nitrogens with zero attached hydrogens (tertiary/aromatic N) is 2. The Labute approximate surface area is 137 Å². The molecule has 6 nitrogen and oxygen atoms in total. The summed E-state index contributed by atoms with van der Waals surface area (Å²) in [4.78, 5) is 27.9. The Morgan fingerprint density at radius 1 is 1.43 bits per heavy atom. The number of esters is 1. The standard InChI is InChI=1S/C17H26N2O4/c1-4-22-17(21)14-6-5-9-19(10-14)12-16(20)18(3)11-15-8-7-13(2)23-15/h7-8,14H,4-6,9-12H2,1-3H3. The lowest BCUT2D eigenvalue weighted by atomic mass is 9.98. The lowest BCUT2D eigenvalue weighted by molar-refractivity contribution is -0.150. The molecule has 23 heavy (non-hydrogen) atoms. The van der Waals surface area contributed by atoms with Gasteiger partial charge in [-0.1, -0.05) is 0 Å². The molecule has 6 heteroatoms. The monoisotopic (exact) mass is 322 g/mol. The molecule has 1 saturated heterocycles. The third-order valence-electron chi connectivity index (χ3n) is 4.10. The first kappa shape index (κ1) is 17.5. The van der Waals surface area contributed by atoms with Crippen molar-refractivity contribution in [1.29, 1.82) is 0 Å². The Kier molecular flexibility index (Phi) is 6.21. The minimum Gasteiger partial charge on any atom is -0.466 e. The summed E-state index contributed by atoms with van der Waals surface area (Å²) in [6, 6.07) is 3.78. The first-order valence-corrected chi connectivity index (χ1v) is 8.18. The fourth-order valence-corrected chi connectivity index (χ4v) is 2.86. The van der Waals surface area contributed by atoms with E-state index in [1.54, 1.807) is 11.9 Å². The topological polar surface area (TPSA) is 63.0 Å². The van der Waals surface area contributed by atoms with Gasteiger partial charge in [0.05, 0.1) is 25.6 Å². The molecular weight excluding hydrogens is 296 g/mol. The van der Waals surface area contributed by atoms with Crippen LogP contribution >= 0.6 is 0 Å². The summed E-state index contributed by atoms with van der Waals surface area (Å²) >= 11 is 0. The highest BCUT2D eigenvalue weighted by Gasteiger charge is 2.28. The molecule has 0 spiro atoms. The van der Waals surface area contributed by atoms with E-state index < -0.39 is 0 Å². The summed E-state index contributed by atoms with van der Waals surface area (Å²) in [6.45, 7) is 6.32. The highest BCUT2D eigenvalue weighted by Crippen LogP contribution is 2.18. The maximum absolute atomic E-state index is 12.4. The highest BCUT2D eigenvalue weighted by atomic mass is 16.5. The number of ether oxygens (including phenoxy) is 1. The summed E-state index contributed by atoms with van der Waals surface area (Å²) in [5, 5.41) is 0. The van der Waals surface area contributed by atoms with Crippen LogP contribution in [0, 0.1) is 12.8 Å². The Bertz CT molecular complexity index is 540. The van der Waals surface area contributed by atoms with Crippen LogP contribution in [0.15, 0.2) is 16.5 Å². The summed E-state index contributed by atoms with van der Waals surface area (Å²) < 4.78 is 10.6. The molecule has 0 N–H and O–H groups in total. The second-order valence-electron chi connectivity index (χ2n) is 6.09. The predicted molar refractivity (Wildman–Crippen MR) is 85.7 cm³/mol. The number of likely N-dealkylation sites (tertiary alicyclic amines) is 1. The second kappa shape index (κ2) is 8.15. The molecule has 0 aliphatic carbocycles. The SMILES string of the molecule is CCOC(=O)C1CCCN(CC(=O)N(C)Cc2ccc(C)o2)C1. The van der Waals surface area contributed by atoms with Crippen LogP contribution in [0.5, 0.6) is 0 Å². The number of amides is 1. The van der Waals surface area contributed by atoms with Gasteiger partial charge in [0.25, 0.3) is 0 Å². The van der Waals surface area contributed by atoms with Gasteiger partial charge in [0.1, 0.15) is 11.5 Å². The quantitative estimate of drug-likeness (QED) is 0.748. The van der Waals surface area contributed by atoms with Gasteiger partial charge in [-0.3, -0.25) is 14.5 Å². The van der Waals surface area contributed by atoms with Gasteiger partial charge in [-0.15, -0.1) is 0 Å². The number of piperidine rings is 1. The van der Waals surface area contributed by atoms with Crippen LogP contribution in [0.2, 0.25) is 0 Å². The Morgan fingerprint density at radius 2 is 2.22 bits per heavy atom. The number of carbonyl (C=O) groups is 2. The van der Waals surface area contributed by atoms with Gasteiger partial charge in [0.15, 0.2) is 0 Å². The van der Waals surface area contributed by atoms with Crippen molar-refractivity contribution >= 4 is 11.9 Å². The van der Waals surface area contributed by atoms with E-state index in [0.717, 1.165) is 30.9 Å². The van der Waals surface area contributed by atoms with Gasteiger partial charge >= 0.3 is 5.97 Å². The maximum Gasteiger partial charge on any atom is 0.310 e. The van der Waals surface area contributed by atoms with E-state index in [4.69, 9.17) is 9.15 Å². The van der Waals surface area contributed by atoms with Crippen LogP contribution in [0.1, 0.15) is 31.3 Å². The summed E-state index contributed by atoms with van der Waals surface area (Å²) in [5.74, 6) is 1.39. The normalized spacial score (nSPS) is 18.7. The van der Waals surface area contributed by atoms with Crippen molar-refractivity contribution in [2.24, 2.45) is 5.92 Å². The maximum atomic E-state index is 12.4. The molecule has 0 bridgehead atoms. The van der Waals surface area contributed by atoms with E-state index >= 15 is 0 Å². The molecule has 1 amide bonds. The number of carbonyl (C=O) groups excluding carboxylic acids is 2. The van der Waals surface area contributed by atoms with E-state index in [1.807, 2.05) is 30.9 Å². The lowest BCUT2D eigenvalue weighted by Crippen LogP contribution is -2.44.